The lowest BCUT2D eigenvalue weighted by molar-refractivity contribution is -0.143. The van der Waals surface area contributed by atoms with Crippen molar-refractivity contribution in [2.24, 2.45) is 5.73 Å². The Morgan fingerprint density at radius 2 is 1.75 bits per heavy atom. The molecule has 0 aromatic heterocycles. The first-order chi connectivity index (χ1) is 9.35. The maximum Gasteiger partial charge on any atom is 0.401 e. The third kappa shape index (κ3) is 3.95. The van der Waals surface area contributed by atoms with E-state index >= 15 is 0 Å². The number of alkyl halides is 3. The van der Waals surface area contributed by atoms with Crippen LogP contribution in [-0.4, -0.2) is 31.2 Å². The summed E-state index contributed by atoms with van der Waals surface area (Å²) in [5.74, 6) is 0. The molecule has 0 heterocycles. The van der Waals surface area contributed by atoms with E-state index in [1.807, 2.05) is 42.5 Å². The van der Waals surface area contributed by atoms with E-state index in [4.69, 9.17) is 5.73 Å². The van der Waals surface area contributed by atoms with Gasteiger partial charge in [-0.15, -0.1) is 0 Å². The number of nitrogens with two attached hydrogens (primary N) is 1. The van der Waals surface area contributed by atoms with Gasteiger partial charge in [0.2, 0.25) is 0 Å². The summed E-state index contributed by atoms with van der Waals surface area (Å²) in [7, 11) is 1.42. The average molecular weight is 282 g/mol. The minimum absolute atomic E-state index is 0.165. The van der Waals surface area contributed by atoms with Crippen LogP contribution in [0.25, 0.3) is 10.8 Å². The highest BCUT2D eigenvalue weighted by molar-refractivity contribution is 5.83. The topological polar surface area (TPSA) is 29.3 Å². The van der Waals surface area contributed by atoms with Gasteiger partial charge in [0.1, 0.15) is 0 Å². The number of rotatable bonds is 4. The third-order valence-corrected chi connectivity index (χ3v) is 3.16. The zero-order valence-corrected chi connectivity index (χ0v) is 11.2. The van der Waals surface area contributed by atoms with E-state index in [0.29, 0.717) is 0 Å². The molecular weight excluding hydrogens is 265 g/mol. The van der Waals surface area contributed by atoms with Crippen LogP contribution in [0.5, 0.6) is 0 Å². The molecule has 108 valence electrons. The minimum Gasteiger partial charge on any atom is -0.323 e. The van der Waals surface area contributed by atoms with Crippen molar-refractivity contribution >= 4 is 10.8 Å². The summed E-state index contributed by atoms with van der Waals surface area (Å²) >= 11 is 0. The number of fused-ring (bicyclic) bond motifs is 1. The van der Waals surface area contributed by atoms with E-state index in [1.54, 1.807) is 0 Å². The second-order valence-electron chi connectivity index (χ2n) is 5.03. The number of hydrogen-bond acceptors (Lipinski definition) is 2. The summed E-state index contributed by atoms with van der Waals surface area (Å²) in [4.78, 5) is 1.19. The Morgan fingerprint density at radius 3 is 2.40 bits per heavy atom. The zero-order valence-electron chi connectivity index (χ0n) is 11.2. The van der Waals surface area contributed by atoms with E-state index in [0.717, 1.165) is 16.3 Å². The molecule has 2 N–H and O–H groups in total. The molecule has 0 fully saturated rings. The summed E-state index contributed by atoms with van der Waals surface area (Å²) in [5, 5.41) is 2.13. The fourth-order valence-electron chi connectivity index (χ4n) is 2.25. The van der Waals surface area contributed by atoms with Crippen LogP contribution in [0.4, 0.5) is 13.2 Å². The molecule has 0 aliphatic heterocycles. The zero-order chi connectivity index (χ0) is 14.8. The summed E-state index contributed by atoms with van der Waals surface area (Å²) < 4.78 is 36.9. The van der Waals surface area contributed by atoms with Crippen molar-refractivity contribution in [3.8, 4) is 0 Å². The first kappa shape index (κ1) is 14.8. The van der Waals surface area contributed by atoms with Crippen LogP contribution in [0.3, 0.4) is 0 Å². The normalized spacial score (nSPS) is 13.9. The van der Waals surface area contributed by atoms with Crippen molar-refractivity contribution in [1.82, 2.24) is 4.90 Å². The Hall–Kier alpha value is -1.59. The molecule has 0 radical (unpaired) electrons. The summed E-state index contributed by atoms with van der Waals surface area (Å²) in [6.07, 6.45) is -4.20. The van der Waals surface area contributed by atoms with E-state index in [-0.39, 0.29) is 6.54 Å². The van der Waals surface area contributed by atoms with Crippen LogP contribution in [0.15, 0.2) is 42.5 Å². The van der Waals surface area contributed by atoms with Crippen molar-refractivity contribution < 1.29 is 13.2 Å². The molecule has 5 heteroatoms. The Balaban J connectivity index is 2.09. The largest absolute Gasteiger partial charge is 0.401 e. The van der Waals surface area contributed by atoms with Gasteiger partial charge in [-0.3, -0.25) is 4.90 Å². The van der Waals surface area contributed by atoms with Gasteiger partial charge in [0, 0.05) is 12.6 Å². The van der Waals surface area contributed by atoms with Gasteiger partial charge in [-0.25, -0.2) is 0 Å². The van der Waals surface area contributed by atoms with Gasteiger partial charge in [0.15, 0.2) is 0 Å². The second kappa shape index (κ2) is 5.81. The van der Waals surface area contributed by atoms with Gasteiger partial charge in [0.25, 0.3) is 0 Å². The predicted octanol–water partition coefficient (Wildman–Crippen LogP) is 3.33. The van der Waals surface area contributed by atoms with Gasteiger partial charge in [0.05, 0.1) is 6.54 Å². The van der Waals surface area contributed by atoms with Crippen LogP contribution in [0.1, 0.15) is 11.6 Å². The molecule has 1 atom stereocenters. The number of likely N-dealkylation sites (N-methyl/N-ethyl adjacent to an activating group) is 1. The molecule has 2 rings (SSSR count). The highest BCUT2D eigenvalue weighted by Crippen LogP contribution is 2.21. The van der Waals surface area contributed by atoms with Crippen LogP contribution in [0, 0.1) is 0 Å². The van der Waals surface area contributed by atoms with Crippen LogP contribution in [-0.2, 0) is 0 Å². The molecule has 0 aliphatic carbocycles. The van der Waals surface area contributed by atoms with Gasteiger partial charge >= 0.3 is 6.18 Å². The number of halogens is 3. The summed E-state index contributed by atoms with van der Waals surface area (Å²) in [5.41, 5.74) is 6.84. The summed E-state index contributed by atoms with van der Waals surface area (Å²) in [6.45, 7) is -0.786. The van der Waals surface area contributed by atoms with Crippen molar-refractivity contribution in [3.63, 3.8) is 0 Å². The second-order valence-corrected chi connectivity index (χ2v) is 5.03. The van der Waals surface area contributed by atoms with Gasteiger partial charge in [-0.2, -0.15) is 13.2 Å². The van der Waals surface area contributed by atoms with Gasteiger partial charge in [-0.05, 0) is 29.4 Å². The van der Waals surface area contributed by atoms with Crippen LogP contribution < -0.4 is 5.73 Å². The van der Waals surface area contributed by atoms with Crippen molar-refractivity contribution in [1.29, 1.82) is 0 Å². The maximum atomic E-state index is 12.3. The molecule has 20 heavy (non-hydrogen) atoms. The Labute approximate surface area is 116 Å². The first-order valence-corrected chi connectivity index (χ1v) is 6.35. The standard InChI is InChI=1S/C15H17F3N2/c1-20(10-15(16,17)18)9-14(19)13-7-6-11-4-2-3-5-12(11)8-13/h2-8,14H,9-10,19H2,1H3. The van der Waals surface area contributed by atoms with Crippen molar-refractivity contribution in [2.75, 3.05) is 20.1 Å². The molecule has 0 aliphatic rings. The fraction of sp³-hybridized carbons (Fsp3) is 0.333. The third-order valence-electron chi connectivity index (χ3n) is 3.16. The minimum atomic E-state index is -4.20. The molecule has 0 saturated carbocycles. The van der Waals surface area contributed by atoms with E-state index in [1.165, 1.54) is 11.9 Å². The lowest BCUT2D eigenvalue weighted by atomic mass is 10.0. The monoisotopic (exact) mass is 282 g/mol. The molecule has 2 aromatic rings. The highest BCUT2D eigenvalue weighted by atomic mass is 19.4. The van der Waals surface area contributed by atoms with E-state index in [2.05, 4.69) is 0 Å². The predicted molar refractivity (Wildman–Crippen MR) is 74.4 cm³/mol. The van der Waals surface area contributed by atoms with Gasteiger partial charge in [-0.1, -0.05) is 36.4 Å². The van der Waals surface area contributed by atoms with Crippen molar-refractivity contribution in [2.45, 2.75) is 12.2 Å². The number of benzene rings is 2. The van der Waals surface area contributed by atoms with E-state index in [9.17, 15) is 13.2 Å². The molecule has 1 unspecified atom stereocenters. The molecule has 2 nitrogen and oxygen atoms in total. The Morgan fingerprint density at radius 1 is 1.10 bits per heavy atom. The molecule has 2 aromatic carbocycles. The smallest absolute Gasteiger partial charge is 0.323 e. The lowest BCUT2D eigenvalue weighted by Crippen LogP contribution is -2.36. The highest BCUT2D eigenvalue weighted by Gasteiger charge is 2.29. The molecule has 0 spiro atoms. The van der Waals surface area contributed by atoms with Crippen molar-refractivity contribution in [3.05, 3.63) is 48.0 Å². The van der Waals surface area contributed by atoms with Crippen LogP contribution in [0.2, 0.25) is 0 Å². The maximum absolute atomic E-state index is 12.3. The van der Waals surface area contributed by atoms with Gasteiger partial charge < -0.3 is 5.73 Å². The van der Waals surface area contributed by atoms with E-state index < -0.39 is 18.8 Å². The number of hydrogen-bond donors (Lipinski definition) is 1. The summed E-state index contributed by atoms with van der Waals surface area (Å²) in [6, 6.07) is 13.1. The average Bonchev–Trinajstić information content (AvgIpc) is 2.35. The number of nitrogens with zero attached hydrogens (tertiary/aromatic N) is 1. The fourth-order valence-corrected chi connectivity index (χ4v) is 2.25. The molecular formula is C15H17F3N2. The molecule has 0 amide bonds. The Bertz CT molecular complexity index is 581. The molecule has 0 saturated heterocycles. The van der Waals surface area contributed by atoms with Crippen LogP contribution >= 0.6 is 0 Å². The first-order valence-electron chi connectivity index (χ1n) is 6.35. The lowest BCUT2D eigenvalue weighted by Gasteiger charge is -2.22. The Kier molecular flexibility index (Phi) is 4.30. The SMILES string of the molecule is CN(CC(N)c1ccc2ccccc2c1)CC(F)(F)F. The molecule has 0 bridgehead atoms. The quantitative estimate of drug-likeness (QED) is 0.932.